The van der Waals surface area contributed by atoms with Crippen molar-refractivity contribution in [3.05, 3.63) is 23.5 Å². The molecule has 0 radical (unpaired) electrons. The molecule has 4 nitrogen and oxygen atoms in total. The maximum atomic E-state index is 5.40. The molecule has 1 atom stereocenters. The summed E-state index contributed by atoms with van der Waals surface area (Å²) in [5.74, 6) is 0.869. The van der Waals surface area contributed by atoms with Gasteiger partial charge < -0.3 is 10.1 Å². The van der Waals surface area contributed by atoms with Crippen LogP contribution in [0.3, 0.4) is 0 Å². The number of allylic oxidation sites excluding steroid dienone is 1. The zero-order valence-corrected chi connectivity index (χ0v) is 11.6. The van der Waals surface area contributed by atoms with Crippen molar-refractivity contribution in [2.45, 2.75) is 38.1 Å². The summed E-state index contributed by atoms with van der Waals surface area (Å²) in [6, 6.07) is 0.275. The molecule has 1 unspecified atom stereocenters. The SMILES string of the molecule is CNC(CC1=CCCCC1)c1c(OC)cnn1C. The predicted molar refractivity (Wildman–Crippen MR) is 72.7 cm³/mol. The summed E-state index contributed by atoms with van der Waals surface area (Å²) in [7, 11) is 5.67. The van der Waals surface area contributed by atoms with Crippen molar-refractivity contribution in [1.82, 2.24) is 15.1 Å². The molecule has 1 aromatic rings. The first-order valence-corrected chi connectivity index (χ1v) is 6.67. The number of hydrogen-bond acceptors (Lipinski definition) is 3. The van der Waals surface area contributed by atoms with E-state index < -0.39 is 0 Å². The van der Waals surface area contributed by atoms with Crippen LogP contribution >= 0.6 is 0 Å². The van der Waals surface area contributed by atoms with Crippen LogP contribution in [0.4, 0.5) is 0 Å². The first-order chi connectivity index (χ1) is 8.76. The highest BCUT2D eigenvalue weighted by molar-refractivity contribution is 5.29. The Morgan fingerprint density at radius 1 is 1.50 bits per heavy atom. The smallest absolute Gasteiger partial charge is 0.161 e. The Hall–Kier alpha value is -1.29. The van der Waals surface area contributed by atoms with Crippen LogP contribution < -0.4 is 10.1 Å². The van der Waals surface area contributed by atoms with Crippen LogP contribution in [0.5, 0.6) is 5.75 Å². The Bertz CT molecular complexity index is 423. The van der Waals surface area contributed by atoms with Gasteiger partial charge in [-0.3, -0.25) is 4.68 Å². The molecule has 1 aromatic heterocycles. The lowest BCUT2D eigenvalue weighted by atomic mass is 9.93. The zero-order chi connectivity index (χ0) is 13.0. The van der Waals surface area contributed by atoms with E-state index in [9.17, 15) is 0 Å². The lowest BCUT2D eigenvalue weighted by Gasteiger charge is -2.21. The third kappa shape index (κ3) is 2.75. The van der Waals surface area contributed by atoms with Crippen molar-refractivity contribution in [1.29, 1.82) is 0 Å². The number of aryl methyl sites for hydroxylation is 1. The van der Waals surface area contributed by atoms with Crippen molar-refractivity contribution in [2.24, 2.45) is 7.05 Å². The van der Waals surface area contributed by atoms with E-state index in [2.05, 4.69) is 16.5 Å². The molecule has 0 aromatic carbocycles. The van der Waals surface area contributed by atoms with Crippen LogP contribution in [0.25, 0.3) is 0 Å². The van der Waals surface area contributed by atoms with E-state index in [1.807, 2.05) is 18.8 Å². The molecule has 1 aliphatic carbocycles. The molecule has 0 saturated carbocycles. The zero-order valence-electron chi connectivity index (χ0n) is 11.6. The molecular weight excluding hydrogens is 226 g/mol. The van der Waals surface area contributed by atoms with Crippen molar-refractivity contribution in [3.63, 3.8) is 0 Å². The molecule has 100 valence electrons. The van der Waals surface area contributed by atoms with Gasteiger partial charge in [0.2, 0.25) is 0 Å². The highest BCUT2D eigenvalue weighted by Crippen LogP contribution is 2.31. The Kier molecular flexibility index (Phi) is 4.42. The van der Waals surface area contributed by atoms with Crippen LogP contribution in [0, 0.1) is 0 Å². The van der Waals surface area contributed by atoms with E-state index in [1.165, 1.54) is 25.7 Å². The summed E-state index contributed by atoms with van der Waals surface area (Å²) >= 11 is 0. The molecule has 0 aliphatic heterocycles. The van der Waals surface area contributed by atoms with Gasteiger partial charge in [-0.15, -0.1) is 0 Å². The van der Waals surface area contributed by atoms with E-state index in [0.29, 0.717) is 0 Å². The fourth-order valence-corrected chi connectivity index (χ4v) is 2.67. The Labute approximate surface area is 109 Å². The number of ether oxygens (including phenoxy) is 1. The van der Waals surface area contributed by atoms with Crippen molar-refractivity contribution in [2.75, 3.05) is 14.2 Å². The minimum atomic E-state index is 0.275. The third-order valence-corrected chi connectivity index (χ3v) is 3.70. The molecule has 0 saturated heterocycles. The van der Waals surface area contributed by atoms with Crippen LogP contribution in [0.2, 0.25) is 0 Å². The Morgan fingerprint density at radius 3 is 2.94 bits per heavy atom. The molecule has 1 N–H and O–H groups in total. The fourth-order valence-electron chi connectivity index (χ4n) is 2.67. The Morgan fingerprint density at radius 2 is 2.33 bits per heavy atom. The standard InChI is InChI=1S/C14H23N3O/c1-15-12(9-11-7-5-4-6-8-11)14-13(18-3)10-16-17(14)2/h7,10,12,15H,4-6,8-9H2,1-3H3. The normalized spacial score (nSPS) is 17.4. The largest absolute Gasteiger partial charge is 0.493 e. The van der Waals surface area contributed by atoms with E-state index in [1.54, 1.807) is 18.9 Å². The third-order valence-electron chi connectivity index (χ3n) is 3.70. The second-order valence-electron chi connectivity index (χ2n) is 4.88. The maximum Gasteiger partial charge on any atom is 0.161 e. The topological polar surface area (TPSA) is 39.1 Å². The molecule has 18 heavy (non-hydrogen) atoms. The van der Waals surface area contributed by atoms with Crippen LogP contribution in [-0.4, -0.2) is 23.9 Å². The quantitative estimate of drug-likeness (QED) is 0.815. The summed E-state index contributed by atoms with van der Waals surface area (Å²) < 4.78 is 7.30. The van der Waals surface area contributed by atoms with Crippen LogP contribution in [0.1, 0.15) is 43.8 Å². The highest BCUT2D eigenvalue weighted by Gasteiger charge is 2.20. The number of aromatic nitrogens is 2. The van der Waals surface area contributed by atoms with Crippen molar-refractivity contribution in [3.8, 4) is 5.75 Å². The van der Waals surface area contributed by atoms with E-state index in [-0.39, 0.29) is 6.04 Å². The summed E-state index contributed by atoms with van der Waals surface area (Å²) in [4.78, 5) is 0. The average molecular weight is 249 g/mol. The molecule has 2 rings (SSSR count). The monoisotopic (exact) mass is 249 g/mol. The lowest BCUT2D eigenvalue weighted by molar-refractivity contribution is 0.396. The molecule has 1 aliphatic rings. The minimum absolute atomic E-state index is 0.275. The van der Waals surface area contributed by atoms with Gasteiger partial charge in [0.1, 0.15) is 0 Å². The lowest BCUT2D eigenvalue weighted by Crippen LogP contribution is -2.21. The second-order valence-corrected chi connectivity index (χ2v) is 4.88. The Balaban J connectivity index is 2.16. The molecular formula is C14H23N3O. The van der Waals surface area contributed by atoms with Crippen molar-refractivity contribution >= 4 is 0 Å². The molecule has 1 heterocycles. The van der Waals surface area contributed by atoms with Gasteiger partial charge in [0.15, 0.2) is 5.75 Å². The van der Waals surface area contributed by atoms with Crippen LogP contribution in [-0.2, 0) is 7.05 Å². The second kappa shape index (κ2) is 6.05. The fraction of sp³-hybridized carbons (Fsp3) is 0.643. The molecule has 0 bridgehead atoms. The molecule has 4 heteroatoms. The number of nitrogens with zero attached hydrogens (tertiary/aromatic N) is 2. The summed E-state index contributed by atoms with van der Waals surface area (Å²) in [6.45, 7) is 0. The average Bonchev–Trinajstić information content (AvgIpc) is 2.78. The van der Waals surface area contributed by atoms with E-state index in [0.717, 1.165) is 17.9 Å². The number of nitrogens with one attached hydrogen (secondary N) is 1. The molecule has 0 amide bonds. The predicted octanol–water partition coefficient (Wildman–Crippen LogP) is 2.58. The molecule has 0 spiro atoms. The van der Waals surface area contributed by atoms with Gasteiger partial charge in [-0.05, 0) is 39.2 Å². The summed E-state index contributed by atoms with van der Waals surface area (Å²) in [5.41, 5.74) is 2.69. The van der Waals surface area contributed by atoms with Gasteiger partial charge in [-0.25, -0.2) is 0 Å². The van der Waals surface area contributed by atoms with Gasteiger partial charge in [-0.2, -0.15) is 5.10 Å². The molecule has 0 fully saturated rings. The van der Waals surface area contributed by atoms with E-state index in [4.69, 9.17) is 4.74 Å². The first-order valence-electron chi connectivity index (χ1n) is 6.67. The van der Waals surface area contributed by atoms with Gasteiger partial charge in [-0.1, -0.05) is 11.6 Å². The first kappa shape index (κ1) is 13.1. The minimum Gasteiger partial charge on any atom is -0.493 e. The maximum absolute atomic E-state index is 5.40. The number of methoxy groups -OCH3 is 1. The van der Waals surface area contributed by atoms with Gasteiger partial charge in [0, 0.05) is 7.05 Å². The highest BCUT2D eigenvalue weighted by atomic mass is 16.5. The van der Waals surface area contributed by atoms with Gasteiger partial charge in [0.25, 0.3) is 0 Å². The van der Waals surface area contributed by atoms with Gasteiger partial charge >= 0.3 is 0 Å². The number of hydrogen-bond donors (Lipinski definition) is 1. The van der Waals surface area contributed by atoms with Crippen LogP contribution in [0.15, 0.2) is 17.8 Å². The van der Waals surface area contributed by atoms with E-state index >= 15 is 0 Å². The number of rotatable bonds is 5. The van der Waals surface area contributed by atoms with Crippen molar-refractivity contribution < 1.29 is 4.74 Å². The summed E-state index contributed by atoms with van der Waals surface area (Å²) in [6.07, 6.45) is 10.4. The van der Waals surface area contributed by atoms with Gasteiger partial charge in [0.05, 0.1) is 25.0 Å². The summed E-state index contributed by atoms with van der Waals surface area (Å²) in [5, 5.41) is 7.67.